The van der Waals surface area contributed by atoms with Crippen LogP contribution in [0.15, 0.2) is 53.4 Å². The van der Waals surface area contributed by atoms with Crippen LogP contribution in [0, 0.1) is 0 Å². The third-order valence-electron chi connectivity index (χ3n) is 4.68. The number of aromatic hydroxyl groups is 1. The predicted molar refractivity (Wildman–Crippen MR) is 108 cm³/mol. The van der Waals surface area contributed by atoms with Gasteiger partial charge in [0.25, 0.3) is 0 Å². The summed E-state index contributed by atoms with van der Waals surface area (Å²) < 4.78 is 25.2. The average molecular weight is 375 g/mol. The third kappa shape index (κ3) is 6.17. The third-order valence-corrected chi connectivity index (χ3v) is 6.48. The standard InChI is InChI=1S/C22H30O3S/c1-2-3-4-5-6-7-8-12-17-26(24,25)20-15-16-22(23)21(18-20)19-13-10-9-11-14-19/h9-11,13-16,18,23H,2-8,12,17H2,1H3. The van der Waals surface area contributed by atoms with Gasteiger partial charge in [0.05, 0.1) is 10.6 Å². The highest BCUT2D eigenvalue weighted by Crippen LogP contribution is 2.31. The van der Waals surface area contributed by atoms with Crippen LogP contribution in [0.2, 0.25) is 0 Å². The highest BCUT2D eigenvalue weighted by atomic mass is 32.2. The summed E-state index contributed by atoms with van der Waals surface area (Å²) in [4.78, 5) is 0.289. The van der Waals surface area contributed by atoms with E-state index in [0.717, 1.165) is 18.4 Å². The van der Waals surface area contributed by atoms with Crippen LogP contribution in [-0.2, 0) is 9.84 Å². The molecule has 0 aliphatic heterocycles. The molecule has 0 bridgehead atoms. The van der Waals surface area contributed by atoms with Crippen molar-refractivity contribution in [1.82, 2.24) is 0 Å². The van der Waals surface area contributed by atoms with E-state index in [1.807, 2.05) is 30.3 Å². The average Bonchev–Trinajstić information content (AvgIpc) is 2.65. The van der Waals surface area contributed by atoms with E-state index in [1.165, 1.54) is 44.2 Å². The van der Waals surface area contributed by atoms with Crippen LogP contribution in [0.5, 0.6) is 5.75 Å². The molecule has 0 heterocycles. The van der Waals surface area contributed by atoms with Gasteiger partial charge in [-0.15, -0.1) is 0 Å². The molecule has 0 unspecified atom stereocenters. The number of hydrogen-bond donors (Lipinski definition) is 1. The summed E-state index contributed by atoms with van der Waals surface area (Å²) in [6, 6.07) is 13.9. The lowest BCUT2D eigenvalue weighted by Crippen LogP contribution is -2.07. The monoisotopic (exact) mass is 374 g/mol. The van der Waals surface area contributed by atoms with Gasteiger partial charge in [0.1, 0.15) is 5.75 Å². The molecule has 0 aromatic heterocycles. The summed E-state index contributed by atoms with van der Waals surface area (Å²) in [7, 11) is -3.32. The minimum atomic E-state index is -3.32. The molecule has 0 spiro atoms. The molecule has 2 aromatic carbocycles. The molecule has 0 fully saturated rings. The molecule has 4 heteroatoms. The number of phenols is 1. The van der Waals surface area contributed by atoms with E-state index in [9.17, 15) is 13.5 Å². The lowest BCUT2D eigenvalue weighted by Gasteiger charge is -2.09. The summed E-state index contributed by atoms with van der Waals surface area (Å²) in [6.07, 6.45) is 9.01. The number of rotatable bonds is 11. The Morgan fingerprint density at radius 2 is 1.42 bits per heavy atom. The molecule has 1 N–H and O–H groups in total. The van der Waals surface area contributed by atoms with Crippen LogP contribution in [0.3, 0.4) is 0 Å². The van der Waals surface area contributed by atoms with Gasteiger partial charge in [0, 0.05) is 5.56 Å². The van der Waals surface area contributed by atoms with Gasteiger partial charge >= 0.3 is 0 Å². The summed E-state index contributed by atoms with van der Waals surface area (Å²) in [6.45, 7) is 2.21. The van der Waals surface area contributed by atoms with Crippen LogP contribution in [0.1, 0.15) is 58.3 Å². The van der Waals surface area contributed by atoms with Gasteiger partial charge in [-0.25, -0.2) is 8.42 Å². The summed E-state index contributed by atoms with van der Waals surface area (Å²) in [5, 5.41) is 10.1. The molecule has 0 aliphatic rings. The smallest absolute Gasteiger partial charge is 0.178 e. The lowest BCUT2D eigenvalue weighted by molar-refractivity contribution is 0.477. The number of benzene rings is 2. The van der Waals surface area contributed by atoms with E-state index in [0.29, 0.717) is 12.0 Å². The molecule has 0 aliphatic carbocycles. The maximum atomic E-state index is 12.6. The van der Waals surface area contributed by atoms with Gasteiger partial charge in [-0.1, -0.05) is 82.2 Å². The summed E-state index contributed by atoms with van der Waals surface area (Å²) in [5.41, 5.74) is 1.37. The topological polar surface area (TPSA) is 54.4 Å². The molecule has 26 heavy (non-hydrogen) atoms. The number of phenolic OH excluding ortho intramolecular Hbond substituents is 1. The predicted octanol–water partition coefficient (Wildman–Crippen LogP) is 5.97. The van der Waals surface area contributed by atoms with Gasteiger partial charge in [-0.05, 0) is 30.2 Å². The minimum absolute atomic E-state index is 0.0993. The first kappa shape index (κ1) is 20.5. The number of sulfone groups is 1. The molecule has 0 amide bonds. The second kappa shape index (κ2) is 10.4. The summed E-state index contributed by atoms with van der Waals surface area (Å²) in [5.74, 6) is 0.267. The van der Waals surface area contributed by atoms with Crippen molar-refractivity contribution in [1.29, 1.82) is 0 Å². The van der Waals surface area contributed by atoms with Crippen LogP contribution < -0.4 is 0 Å². The van der Waals surface area contributed by atoms with Crippen LogP contribution in [0.4, 0.5) is 0 Å². The molecule has 0 saturated carbocycles. The van der Waals surface area contributed by atoms with Crippen molar-refractivity contribution in [3.8, 4) is 16.9 Å². The zero-order valence-corrected chi connectivity index (χ0v) is 16.5. The highest BCUT2D eigenvalue weighted by Gasteiger charge is 2.16. The Hall–Kier alpha value is -1.81. The van der Waals surface area contributed by atoms with E-state index >= 15 is 0 Å². The second-order valence-corrected chi connectivity index (χ2v) is 8.95. The van der Waals surface area contributed by atoms with Crippen molar-refractivity contribution in [2.75, 3.05) is 5.75 Å². The number of unbranched alkanes of at least 4 members (excludes halogenated alkanes) is 7. The highest BCUT2D eigenvalue weighted by molar-refractivity contribution is 7.91. The van der Waals surface area contributed by atoms with Crippen LogP contribution in [-0.4, -0.2) is 19.3 Å². The normalized spacial score (nSPS) is 11.6. The maximum absolute atomic E-state index is 12.6. The van der Waals surface area contributed by atoms with E-state index in [2.05, 4.69) is 6.92 Å². The van der Waals surface area contributed by atoms with E-state index in [1.54, 1.807) is 6.07 Å². The molecule has 2 rings (SSSR count). The fraction of sp³-hybridized carbons (Fsp3) is 0.455. The zero-order chi connectivity index (χ0) is 18.8. The van der Waals surface area contributed by atoms with Gasteiger partial charge < -0.3 is 5.11 Å². The quantitative estimate of drug-likeness (QED) is 0.493. The maximum Gasteiger partial charge on any atom is 0.178 e. The van der Waals surface area contributed by atoms with Crippen LogP contribution >= 0.6 is 0 Å². The van der Waals surface area contributed by atoms with Crippen LogP contribution in [0.25, 0.3) is 11.1 Å². The Morgan fingerprint density at radius 3 is 2.08 bits per heavy atom. The first-order valence-electron chi connectivity index (χ1n) is 9.66. The Balaban J connectivity index is 1.93. The van der Waals surface area contributed by atoms with Crippen molar-refractivity contribution in [3.05, 3.63) is 48.5 Å². The fourth-order valence-corrected chi connectivity index (χ4v) is 4.49. The van der Waals surface area contributed by atoms with Gasteiger partial charge in [-0.3, -0.25) is 0 Å². The Labute approximate surface area is 158 Å². The molecule has 3 nitrogen and oxygen atoms in total. The van der Waals surface area contributed by atoms with Crippen molar-refractivity contribution in [2.24, 2.45) is 0 Å². The first-order chi connectivity index (χ1) is 12.5. The molecule has 0 radical (unpaired) electrons. The molecule has 2 aromatic rings. The van der Waals surface area contributed by atoms with Gasteiger partial charge in [0.15, 0.2) is 9.84 Å². The van der Waals surface area contributed by atoms with E-state index in [4.69, 9.17) is 0 Å². The molecular formula is C22H30O3S. The lowest BCUT2D eigenvalue weighted by atomic mass is 10.1. The Bertz CT molecular complexity index is 767. The number of hydrogen-bond acceptors (Lipinski definition) is 3. The largest absolute Gasteiger partial charge is 0.507 e. The first-order valence-corrected chi connectivity index (χ1v) is 11.3. The second-order valence-electron chi connectivity index (χ2n) is 6.84. The summed E-state index contributed by atoms with van der Waals surface area (Å²) >= 11 is 0. The fourth-order valence-electron chi connectivity index (χ4n) is 3.10. The van der Waals surface area contributed by atoms with Crippen molar-refractivity contribution < 1.29 is 13.5 Å². The minimum Gasteiger partial charge on any atom is -0.507 e. The van der Waals surface area contributed by atoms with Crippen molar-refractivity contribution >= 4 is 9.84 Å². The molecule has 0 saturated heterocycles. The Kier molecular flexibility index (Phi) is 8.17. The van der Waals surface area contributed by atoms with Gasteiger partial charge in [-0.2, -0.15) is 0 Å². The Morgan fingerprint density at radius 1 is 0.808 bits per heavy atom. The molecular weight excluding hydrogens is 344 g/mol. The SMILES string of the molecule is CCCCCCCCCCS(=O)(=O)c1ccc(O)c(-c2ccccc2)c1. The van der Waals surface area contributed by atoms with Crippen molar-refractivity contribution in [3.63, 3.8) is 0 Å². The zero-order valence-electron chi connectivity index (χ0n) is 15.7. The molecule has 142 valence electrons. The van der Waals surface area contributed by atoms with Crippen molar-refractivity contribution in [2.45, 2.75) is 63.2 Å². The van der Waals surface area contributed by atoms with E-state index < -0.39 is 9.84 Å². The van der Waals surface area contributed by atoms with E-state index in [-0.39, 0.29) is 16.4 Å². The van der Waals surface area contributed by atoms with Gasteiger partial charge in [0.2, 0.25) is 0 Å². The molecule has 0 atom stereocenters.